The van der Waals surface area contributed by atoms with Gasteiger partial charge in [0.25, 0.3) is 0 Å². The fourth-order valence-electron chi connectivity index (χ4n) is 2.78. The molecule has 3 aromatic rings. The molecule has 0 saturated carbocycles. The zero-order valence-electron chi connectivity index (χ0n) is 15.0. The summed E-state index contributed by atoms with van der Waals surface area (Å²) in [6, 6.07) is 8.81. The van der Waals surface area contributed by atoms with E-state index in [4.69, 9.17) is 14.0 Å². The lowest BCUT2D eigenvalue weighted by molar-refractivity contribution is -0.274. The fraction of sp³-hybridized carbons (Fsp3) is 0.211. The summed E-state index contributed by atoms with van der Waals surface area (Å²) in [5, 5.41) is 3.94. The van der Waals surface area contributed by atoms with Crippen LogP contribution in [-0.4, -0.2) is 22.2 Å². The van der Waals surface area contributed by atoms with E-state index < -0.39 is 12.0 Å². The minimum Gasteiger partial charge on any atom is -0.443 e. The molecule has 1 aromatic carbocycles. The van der Waals surface area contributed by atoms with Crippen molar-refractivity contribution in [1.82, 2.24) is 9.97 Å². The second kappa shape index (κ2) is 7.12. The van der Waals surface area contributed by atoms with Gasteiger partial charge in [0, 0.05) is 0 Å². The van der Waals surface area contributed by atoms with Crippen LogP contribution in [0.1, 0.15) is 18.9 Å². The van der Waals surface area contributed by atoms with Gasteiger partial charge >= 0.3 is 6.36 Å². The van der Waals surface area contributed by atoms with Crippen molar-refractivity contribution < 1.29 is 31.9 Å². The molecule has 0 unspecified atom stereocenters. The van der Waals surface area contributed by atoms with Crippen molar-refractivity contribution in [1.29, 1.82) is 0 Å². The van der Waals surface area contributed by atoms with Gasteiger partial charge in [-0.25, -0.2) is 9.97 Å². The van der Waals surface area contributed by atoms with E-state index in [1.165, 1.54) is 42.9 Å². The van der Waals surface area contributed by atoms with Crippen molar-refractivity contribution in [2.75, 3.05) is 0 Å². The molecule has 150 valence electrons. The first-order chi connectivity index (χ1) is 13.8. The maximum atomic E-state index is 12.3. The Labute approximate surface area is 162 Å². The number of alkyl halides is 3. The number of rotatable bonds is 4. The number of aromatic nitrogens is 2. The molecule has 7 nitrogen and oxygen atoms in total. The highest BCUT2D eigenvalue weighted by molar-refractivity contribution is 5.80. The molecular weight excluding hydrogens is 391 g/mol. The van der Waals surface area contributed by atoms with Crippen molar-refractivity contribution in [2.45, 2.75) is 25.3 Å². The smallest absolute Gasteiger partial charge is 0.443 e. The van der Waals surface area contributed by atoms with Crippen LogP contribution >= 0.6 is 0 Å². The Morgan fingerprint density at radius 1 is 1.03 bits per heavy atom. The lowest BCUT2D eigenvalue weighted by Gasteiger charge is -2.21. The van der Waals surface area contributed by atoms with Gasteiger partial charge in [-0.2, -0.15) is 0 Å². The minimum absolute atomic E-state index is 0.286. The third-order valence-electron chi connectivity index (χ3n) is 4.16. The van der Waals surface area contributed by atoms with Crippen LogP contribution in [0.2, 0.25) is 0 Å². The molecule has 3 heterocycles. The van der Waals surface area contributed by atoms with Crippen LogP contribution in [0.5, 0.6) is 11.5 Å². The molecule has 0 saturated heterocycles. The SMILES string of the molecule is C[C@@]1(c2ccc(OC(F)(F)F)cc2)CC(Oc2ccc(-c3ncco3)nc2)=NO1. The van der Waals surface area contributed by atoms with Gasteiger partial charge in [-0.05, 0) is 36.8 Å². The van der Waals surface area contributed by atoms with Crippen LogP contribution in [0.3, 0.4) is 0 Å². The number of benzene rings is 1. The van der Waals surface area contributed by atoms with Crippen molar-refractivity contribution in [3.8, 4) is 23.1 Å². The topological polar surface area (TPSA) is 79.0 Å². The zero-order valence-corrected chi connectivity index (χ0v) is 15.0. The zero-order chi connectivity index (χ0) is 20.5. The minimum atomic E-state index is -4.74. The molecule has 29 heavy (non-hydrogen) atoms. The lowest BCUT2D eigenvalue weighted by Crippen LogP contribution is -2.23. The molecule has 0 N–H and O–H groups in total. The molecule has 0 amide bonds. The van der Waals surface area contributed by atoms with E-state index in [0.717, 1.165) is 0 Å². The third-order valence-corrected chi connectivity index (χ3v) is 4.16. The van der Waals surface area contributed by atoms with Gasteiger partial charge in [-0.3, -0.25) is 0 Å². The molecule has 10 heteroatoms. The number of pyridine rings is 1. The first-order valence-electron chi connectivity index (χ1n) is 8.46. The predicted octanol–water partition coefficient (Wildman–Crippen LogP) is 4.66. The van der Waals surface area contributed by atoms with Gasteiger partial charge in [0.05, 0.1) is 18.8 Å². The largest absolute Gasteiger partial charge is 0.573 e. The number of halogens is 3. The van der Waals surface area contributed by atoms with E-state index in [-0.39, 0.29) is 12.2 Å². The summed E-state index contributed by atoms with van der Waals surface area (Å²) in [6.45, 7) is 1.76. The van der Waals surface area contributed by atoms with Gasteiger partial charge in [0.15, 0.2) is 5.60 Å². The number of nitrogens with zero attached hydrogens (tertiary/aromatic N) is 3. The lowest BCUT2D eigenvalue weighted by atomic mass is 9.93. The van der Waals surface area contributed by atoms with Crippen LogP contribution in [0.15, 0.2) is 64.6 Å². The van der Waals surface area contributed by atoms with Crippen LogP contribution in [-0.2, 0) is 10.4 Å². The summed E-state index contributed by atoms with van der Waals surface area (Å²) in [7, 11) is 0. The monoisotopic (exact) mass is 405 g/mol. The number of hydrogen-bond donors (Lipinski definition) is 0. The van der Waals surface area contributed by atoms with Crippen LogP contribution < -0.4 is 9.47 Å². The van der Waals surface area contributed by atoms with E-state index in [2.05, 4.69) is 19.9 Å². The average molecular weight is 405 g/mol. The summed E-state index contributed by atoms with van der Waals surface area (Å²) in [5.74, 6) is 0.843. The summed E-state index contributed by atoms with van der Waals surface area (Å²) in [6.07, 6.45) is 0.0220. The predicted molar refractivity (Wildman–Crippen MR) is 94.0 cm³/mol. The highest BCUT2D eigenvalue weighted by atomic mass is 19.4. The molecule has 4 rings (SSSR count). The molecule has 1 atom stereocenters. The summed E-state index contributed by atoms with van der Waals surface area (Å²) in [4.78, 5) is 13.7. The van der Waals surface area contributed by atoms with E-state index >= 15 is 0 Å². The number of ether oxygens (including phenoxy) is 2. The molecule has 0 spiro atoms. The van der Waals surface area contributed by atoms with Gasteiger partial charge in [0.1, 0.15) is 23.5 Å². The molecule has 1 aliphatic rings. The Bertz CT molecular complexity index is 1000. The molecule has 0 fully saturated rings. The maximum absolute atomic E-state index is 12.3. The van der Waals surface area contributed by atoms with Gasteiger partial charge in [0.2, 0.25) is 11.8 Å². The normalized spacial score (nSPS) is 18.8. The third kappa shape index (κ3) is 4.31. The standard InChI is InChI=1S/C19H14F3N3O4/c1-18(12-2-4-13(5-3-12)28-19(20,21)22)10-16(25-29-18)27-14-6-7-15(24-11-14)17-23-8-9-26-17/h2-9,11H,10H2,1H3/t18-/m0/s1. The molecule has 1 aliphatic heterocycles. The summed E-state index contributed by atoms with van der Waals surface area (Å²) < 4.78 is 51.6. The van der Waals surface area contributed by atoms with Crippen molar-refractivity contribution in [2.24, 2.45) is 5.16 Å². The first kappa shape index (κ1) is 18.8. The van der Waals surface area contributed by atoms with E-state index in [1.54, 1.807) is 19.1 Å². The maximum Gasteiger partial charge on any atom is 0.573 e. The molecule has 0 aliphatic carbocycles. The Balaban J connectivity index is 1.40. The van der Waals surface area contributed by atoms with E-state index in [9.17, 15) is 13.2 Å². The van der Waals surface area contributed by atoms with E-state index in [0.29, 0.717) is 28.8 Å². The summed E-state index contributed by atoms with van der Waals surface area (Å²) in [5.41, 5.74) is 0.307. The molecule has 0 radical (unpaired) electrons. The Morgan fingerprint density at radius 2 is 1.79 bits per heavy atom. The highest BCUT2D eigenvalue weighted by Gasteiger charge is 2.38. The quantitative estimate of drug-likeness (QED) is 0.628. The second-order valence-electron chi connectivity index (χ2n) is 6.37. The second-order valence-corrected chi connectivity index (χ2v) is 6.37. The Hall–Kier alpha value is -3.56. The fourth-order valence-corrected chi connectivity index (χ4v) is 2.78. The van der Waals surface area contributed by atoms with Gasteiger partial charge in [-0.1, -0.05) is 17.3 Å². The molecular formula is C19H14F3N3O4. The summed E-state index contributed by atoms with van der Waals surface area (Å²) >= 11 is 0. The van der Waals surface area contributed by atoms with Crippen LogP contribution in [0.4, 0.5) is 13.2 Å². The van der Waals surface area contributed by atoms with Crippen molar-refractivity contribution >= 4 is 5.90 Å². The molecule has 2 aromatic heterocycles. The van der Waals surface area contributed by atoms with Crippen LogP contribution in [0.25, 0.3) is 11.6 Å². The number of oxazole rings is 1. The Kier molecular flexibility index (Phi) is 4.61. The van der Waals surface area contributed by atoms with Crippen molar-refractivity contribution in [3.05, 3.63) is 60.6 Å². The first-order valence-corrected chi connectivity index (χ1v) is 8.46. The number of oxime groups is 1. The Morgan fingerprint density at radius 3 is 2.41 bits per heavy atom. The average Bonchev–Trinajstić information content (AvgIpc) is 3.33. The number of hydrogen-bond acceptors (Lipinski definition) is 7. The van der Waals surface area contributed by atoms with Gasteiger partial charge in [-0.15, -0.1) is 13.2 Å². The highest BCUT2D eigenvalue weighted by Crippen LogP contribution is 2.36. The van der Waals surface area contributed by atoms with Gasteiger partial charge < -0.3 is 18.7 Å². The van der Waals surface area contributed by atoms with Crippen molar-refractivity contribution in [3.63, 3.8) is 0 Å². The molecule has 0 bridgehead atoms. The van der Waals surface area contributed by atoms with E-state index in [1.807, 2.05) is 0 Å². The van der Waals surface area contributed by atoms with Crippen LogP contribution in [0, 0.1) is 0 Å².